The molecule has 8 heteroatoms. The fourth-order valence-electron chi connectivity index (χ4n) is 5.02. The summed E-state index contributed by atoms with van der Waals surface area (Å²) in [6, 6.07) is 2.79. The summed E-state index contributed by atoms with van der Waals surface area (Å²) in [6.45, 7) is 5.58. The van der Waals surface area contributed by atoms with Crippen LogP contribution in [0.1, 0.15) is 96.5 Å². The van der Waals surface area contributed by atoms with Gasteiger partial charge in [0.05, 0.1) is 28.0 Å². The highest BCUT2D eigenvalue weighted by Gasteiger charge is 2.42. The summed E-state index contributed by atoms with van der Waals surface area (Å²) in [6.07, 6.45) is 16.3. The van der Waals surface area contributed by atoms with Crippen LogP contribution in [0.15, 0.2) is 57.7 Å². The number of rotatable bonds is 16. The quantitative estimate of drug-likeness (QED) is 0.0910. The molecule has 0 unspecified atom stereocenters. The Balaban J connectivity index is 1.69. The molecule has 6 N–H and O–H groups in total. The average molecular weight is 553 g/mol. The Bertz CT molecular complexity index is 1170. The van der Waals surface area contributed by atoms with Crippen LogP contribution in [-0.2, 0) is 4.79 Å². The van der Waals surface area contributed by atoms with Gasteiger partial charge in [-0.1, -0.05) is 78.1 Å². The monoisotopic (exact) mass is 552 g/mol. The van der Waals surface area contributed by atoms with E-state index >= 15 is 0 Å². The lowest BCUT2D eigenvalue weighted by atomic mass is 9.78. The predicted molar refractivity (Wildman–Crippen MR) is 160 cm³/mol. The highest BCUT2D eigenvalue weighted by atomic mass is 16.3. The molecule has 0 saturated heterocycles. The minimum atomic E-state index is -0.710. The van der Waals surface area contributed by atoms with E-state index in [0.717, 1.165) is 32.1 Å². The fraction of sp³-hybridized carbons (Fsp3) is 0.500. The molecule has 40 heavy (non-hydrogen) atoms. The first kappa shape index (κ1) is 30.9. The van der Waals surface area contributed by atoms with Gasteiger partial charge in [-0.15, -0.1) is 0 Å². The van der Waals surface area contributed by atoms with Crippen molar-refractivity contribution >= 4 is 22.8 Å². The van der Waals surface area contributed by atoms with E-state index in [1.165, 1.54) is 69.2 Å². The molecule has 0 radical (unpaired) electrons. The molecule has 0 fully saturated rings. The molecule has 0 saturated carbocycles. The van der Waals surface area contributed by atoms with Gasteiger partial charge < -0.3 is 30.8 Å². The molecule has 1 aromatic rings. The van der Waals surface area contributed by atoms with Gasteiger partial charge >= 0.3 is 0 Å². The van der Waals surface area contributed by atoms with Crippen LogP contribution in [0.25, 0.3) is 5.57 Å². The molecule has 0 heterocycles. The number of phenols is 2. The number of aliphatic imine (C=N–C) groups is 1. The SMILES string of the molecule is CCCCCCCCN=C1C=C(O)C(=C2C(=O)C(c3c(O)cc(NCCCCCCCC)cc3O)=C2O)C(O)=C1. The summed E-state index contributed by atoms with van der Waals surface area (Å²) in [5.74, 6) is -2.74. The third kappa shape index (κ3) is 7.71. The number of allylic oxidation sites excluding steroid dienone is 4. The van der Waals surface area contributed by atoms with Crippen LogP contribution < -0.4 is 5.32 Å². The molecular weight excluding hydrogens is 508 g/mol. The molecular formula is C32H44N2O6. The van der Waals surface area contributed by atoms with Crippen LogP contribution in [0.4, 0.5) is 5.69 Å². The van der Waals surface area contributed by atoms with Gasteiger partial charge in [-0.25, -0.2) is 0 Å². The van der Waals surface area contributed by atoms with Crippen LogP contribution in [-0.4, -0.2) is 50.1 Å². The van der Waals surface area contributed by atoms with Crippen molar-refractivity contribution in [2.24, 2.45) is 4.99 Å². The summed E-state index contributed by atoms with van der Waals surface area (Å²) in [7, 11) is 0. The highest BCUT2D eigenvalue weighted by Crippen LogP contribution is 2.47. The fourth-order valence-corrected chi connectivity index (χ4v) is 5.02. The number of unbranched alkanes of at least 4 members (excludes halogenated alkanes) is 10. The van der Waals surface area contributed by atoms with Gasteiger partial charge in [-0.05, 0) is 12.8 Å². The zero-order chi connectivity index (χ0) is 29.1. The molecule has 0 aromatic heterocycles. The van der Waals surface area contributed by atoms with Crippen molar-refractivity contribution in [3.05, 3.63) is 58.3 Å². The highest BCUT2D eigenvalue weighted by molar-refractivity contribution is 6.40. The first-order valence-electron chi connectivity index (χ1n) is 14.7. The Morgan fingerprint density at radius 3 is 1.75 bits per heavy atom. The Hall–Kier alpha value is -3.68. The zero-order valence-electron chi connectivity index (χ0n) is 23.8. The number of anilines is 1. The number of nitrogens with one attached hydrogen (secondary N) is 1. The van der Waals surface area contributed by atoms with Crippen molar-refractivity contribution in [1.29, 1.82) is 0 Å². The molecule has 0 bridgehead atoms. The number of aliphatic hydroxyl groups is 3. The maximum atomic E-state index is 13.1. The summed E-state index contributed by atoms with van der Waals surface area (Å²) < 4.78 is 0. The number of aliphatic hydroxyl groups excluding tert-OH is 3. The maximum absolute atomic E-state index is 13.1. The third-order valence-electron chi connectivity index (χ3n) is 7.27. The number of carbonyl (C=O) groups is 1. The number of hydrogen-bond donors (Lipinski definition) is 6. The third-order valence-corrected chi connectivity index (χ3v) is 7.27. The second kappa shape index (κ2) is 15.2. The number of carbonyl (C=O) groups excluding carboxylic acids is 1. The van der Waals surface area contributed by atoms with E-state index in [1.807, 2.05) is 0 Å². The van der Waals surface area contributed by atoms with Crippen molar-refractivity contribution in [2.75, 3.05) is 18.4 Å². The standard InChI is InChI=1S/C32H44N2O6/c1-3-5-7-9-11-13-15-33-21-17-23(35)27(24(36)18-21)29-31(39)30(32(29)40)28-25(37)19-22(20-26(28)38)34-16-14-12-10-8-6-4-2/h17-20,33,35-39H,3-16H2,1-2H3. The van der Waals surface area contributed by atoms with Gasteiger partial charge in [0.15, 0.2) is 0 Å². The molecule has 218 valence electrons. The lowest BCUT2D eigenvalue weighted by Gasteiger charge is -2.26. The second-order valence-electron chi connectivity index (χ2n) is 10.5. The first-order chi connectivity index (χ1) is 19.3. The number of hydrogen-bond acceptors (Lipinski definition) is 8. The normalized spacial score (nSPS) is 15.2. The Labute approximate surface area is 237 Å². The van der Waals surface area contributed by atoms with E-state index < -0.39 is 23.1 Å². The van der Waals surface area contributed by atoms with Gasteiger partial charge in [0.2, 0.25) is 5.78 Å². The van der Waals surface area contributed by atoms with Crippen molar-refractivity contribution in [1.82, 2.24) is 0 Å². The molecule has 2 aliphatic carbocycles. The van der Waals surface area contributed by atoms with E-state index in [1.54, 1.807) is 0 Å². The van der Waals surface area contributed by atoms with Crippen molar-refractivity contribution in [3.8, 4) is 11.5 Å². The Morgan fingerprint density at radius 1 is 0.675 bits per heavy atom. The number of Topliss-reactive ketones (excluding diaryl/α,β-unsaturated/α-hetero) is 1. The number of ketones is 1. The molecule has 0 spiro atoms. The molecule has 3 rings (SSSR count). The number of benzene rings is 1. The minimum absolute atomic E-state index is 0.194. The van der Waals surface area contributed by atoms with Crippen molar-refractivity contribution in [3.63, 3.8) is 0 Å². The first-order valence-corrected chi connectivity index (χ1v) is 14.7. The molecule has 1 aromatic carbocycles. The summed E-state index contributed by atoms with van der Waals surface area (Å²) in [4.78, 5) is 17.5. The smallest absolute Gasteiger partial charge is 0.202 e. The maximum Gasteiger partial charge on any atom is 0.202 e. The van der Waals surface area contributed by atoms with Crippen LogP contribution in [0.3, 0.4) is 0 Å². The van der Waals surface area contributed by atoms with E-state index in [4.69, 9.17) is 0 Å². The molecule has 2 aliphatic rings. The van der Waals surface area contributed by atoms with Gasteiger partial charge in [0.1, 0.15) is 28.8 Å². The molecule has 0 amide bonds. The van der Waals surface area contributed by atoms with Crippen LogP contribution in [0, 0.1) is 0 Å². The lowest BCUT2D eigenvalue weighted by Crippen LogP contribution is -2.25. The summed E-state index contributed by atoms with van der Waals surface area (Å²) in [5.41, 5.74) is -0.0804. The van der Waals surface area contributed by atoms with Gasteiger partial charge in [-0.3, -0.25) is 9.79 Å². The largest absolute Gasteiger partial charge is 0.507 e. The Kier molecular flexibility index (Phi) is 11.7. The van der Waals surface area contributed by atoms with Crippen LogP contribution >= 0.6 is 0 Å². The van der Waals surface area contributed by atoms with Gasteiger partial charge in [-0.2, -0.15) is 0 Å². The molecule has 8 nitrogen and oxygen atoms in total. The van der Waals surface area contributed by atoms with Gasteiger partial charge in [0.25, 0.3) is 0 Å². The molecule has 0 atom stereocenters. The van der Waals surface area contributed by atoms with E-state index in [0.29, 0.717) is 24.5 Å². The minimum Gasteiger partial charge on any atom is -0.507 e. The van der Waals surface area contributed by atoms with E-state index in [2.05, 4.69) is 24.2 Å². The van der Waals surface area contributed by atoms with Crippen molar-refractivity contribution in [2.45, 2.75) is 90.9 Å². The van der Waals surface area contributed by atoms with E-state index in [-0.39, 0.29) is 33.8 Å². The van der Waals surface area contributed by atoms with Gasteiger partial charge in [0, 0.05) is 43.1 Å². The number of aromatic hydroxyl groups is 2. The second-order valence-corrected chi connectivity index (χ2v) is 10.5. The number of phenolic OH excluding ortho intramolecular Hbond substituents is 2. The lowest BCUT2D eigenvalue weighted by molar-refractivity contribution is -0.111. The number of nitrogens with zero attached hydrogens (tertiary/aromatic N) is 1. The topological polar surface area (TPSA) is 143 Å². The summed E-state index contributed by atoms with van der Waals surface area (Å²) >= 11 is 0. The average Bonchev–Trinajstić information content (AvgIpc) is 2.91. The Morgan fingerprint density at radius 2 is 1.20 bits per heavy atom. The summed E-state index contributed by atoms with van der Waals surface area (Å²) in [5, 5.41) is 56.2. The molecule has 0 aliphatic heterocycles. The predicted octanol–water partition coefficient (Wildman–Crippen LogP) is 7.72. The van der Waals surface area contributed by atoms with Crippen LogP contribution in [0.5, 0.6) is 11.5 Å². The zero-order valence-corrected chi connectivity index (χ0v) is 23.8. The van der Waals surface area contributed by atoms with Crippen LogP contribution in [0.2, 0.25) is 0 Å². The van der Waals surface area contributed by atoms with Crippen molar-refractivity contribution < 1.29 is 30.3 Å². The van der Waals surface area contributed by atoms with E-state index in [9.17, 15) is 30.3 Å².